The van der Waals surface area contributed by atoms with Crippen LogP contribution in [0.3, 0.4) is 0 Å². The molecule has 0 N–H and O–H groups in total. The summed E-state index contributed by atoms with van der Waals surface area (Å²) in [6.07, 6.45) is -3.09. The van der Waals surface area contributed by atoms with Crippen LogP contribution in [0.25, 0.3) is 0 Å². The Morgan fingerprint density at radius 1 is 1.19 bits per heavy atom. The van der Waals surface area contributed by atoms with Crippen molar-refractivity contribution in [1.29, 1.82) is 5.26 Å². The Balaban J connectivity index is 2.26. The number of rotatable bonds is 3. The molecule has 21 heavy (non-hydrogen) atoms. The quantitative estimate of drug-likeness (QED) is 0.837. The van der Waals surface area contributed by atoms with Crippen molar-refractivity contribution in [2.24, 2.45) is 11.8 Å². The Kier molecular flexibility index (Phi) is 4.66. The maximum Gasteiger partial charge on any atom is 0.392 e. The Bertz CT molecular complexity index is 533. The second-order valence-electron chi connectivity index (χ2n) is 5.41. The van der Waals surface area contributed by atoms with Crippen LogP contribution in [-0.4, -0.2) is 12.0 Å². The van der Waals surface area contributed by atoms with Crippen LogP contribution >= 0.6 is 0 Å². The normalized spacial score (nSPS) is 24.1. The van der Waals surface area contributed by atoms with Crippen LogP contribution in [0, 0.1) is 23.2 Å². The first kappa shape index (κ1) is 15.6. The van der Waals surface area contributed by atoms with Crippen LogP contribution in [0.2, 0.25) is 0 Å². The monoisotopic (exact) mass is 295 g/mol. The van der Waals surface area contributed by atoms with Crippen molar-refractivity contribution in [3.63, 3.8) is 0 Å². The predicted octanol–water partition coefficient (Wildman–Crippen LogP) is 4.23. The third-order valence-electron chi connectivity index (χ3n) is 4.10. The number of carbonyl (C=O) groups is 1. The molecule has 1 aliphatic carbocycles. The van der Waals surface area contributed by atoms with Gasteiger partial charge in [-0.3, -0.25) is 4.79 Å². The molecule has 0 bridgehead atoms. The van der Waals surface area contributed by atoms with Gasteiger partial charge in [0.2, 0.25) is 0 Å². The Labute approximate surface area is 121 Å². The number of ketones is 1. The van der Waals surface area contributed by atoms with Gasteiger partial charge in [0.05, 0.1) is 12.0 Å². The molecule has 1 aliphatic rings. The first-order valence-corrected chi connectivity index (χ1v) is 7.00. The largest absolute Gasteiger partial charge is 0.392 e. The summed E-state index contributed by atoms with van der Waals surface area (Å²) in [5.74, 6) is -4.41. The molecule has 1 aromatic rings. The molecule has 1 aromatic carbocycles. The summed E-state index contributed by atoms with van der Waals surface area (Å²) in [4.78, 5) is 12.5. The number of nitriles is 1. The van der Waals surface area contributed by atoms with E-state index in [2.05, 4.69) is 0 Å². The van der Waals surface area contributed by atoms with E-state index in [0.717, 1.165) is 0 Å². The summed E-state index contributed by atoms with van der Waals surface area (Å²) >= 11 is 0. The predicted molar refractivity (Wildman–Crippen MR) is 71.3 cm³/mol. The number of alkyl halides is 3. The van der Waals surface area contributed by atoms with Crippen LogP contribution in [0.4, 0.5) is 13.2 Å². The van der Waals surface area contributed by atoms with Crippen molar-refractivity contribution in [3.05, 3.63) is 35.9 Å². The molecule has 2 rings (SSSR count). The molecule has 3 atom stereocenters. The summed E-state index contributed by atoms with van der Waals surface area (Å²) in [6.45, 7) is 0. The van der Waals surface area contributed by atoms with Crippen molar-refractivity contribution in [1.82, 2.24) is 0 Å². The van der Waals surface area contributed by atoms with E-state index < -0.39 is 29.7 Å². The zero-order valence-corrected chi connectivity index (χ0v) is 11.4. The van der Waals surface area contributed by atoms with Crippen molar-refractivity contribution < 1.29 is 18.0 Å². The van der Waals surface area contributed by atoms with E-state index in [1.807, 2.05) is 6.07 Å². The van der Waals surface area contributed by atoms with Gasteiger partial charge in [-0.15, -0.1) is 0 Å². The number of Topliss-reactive ketones (excluding diaryl/α,β-unsaturated/α-hetero) is 1. The lowest BCUT2D eigenvalue weighted by molar-refractivity contribution is -0.197. The van der Waals surface area contributed by atoms with Gasteiger partial charge in [-0.25, -0.2) is 0 Å². The highest BCUT2D eigenvalue weighted by atomic mass is 19.4. The fourth-order valence-electron chi connectivity index (χ4n) is 3.03. The van der Waals surface area contributed by atoms with E-state index in [9.17, 15) is 23.2 Å². The summed E-state index contributed by atoms with van der Waals surface area (Å²) < 4.78 is 39.3. The molecule has 0 radical (unpaired) electrons. The van der Waals surface area contributed by atoms with Gasteiger partial charge in [0.25, 0.3) is 0 Å². The number of hydrogen-bond donors (Lipinski definition) is 0. The van der Waals surface area contributed by atoms with E-state index in [0.29, 0.717) is 18.4 Å². The van der Waals surface area contributed by atoms with Crippen LogP contribution in [0.1, 0.15) is 37.2 Å². The molecule has 0 spiro atoms. The van der Waals surface area contributed by atoms with Crippen LogP contribution in [0.5, 0.6) is 0 Å². The van der Waals surface area contributed by atoms with Crippen LogP contribution < -0.4 is 0 Å². The van der Waals surface area contributed by atoms with Crippen molar-refractivity contribution in [2.75, 3.05) is 0 Å². The first-order valence-electron chi connectivity index (χ1n) is 7.00. The molecule has 0 amide bonds. The minimum atomic E-state index is -4.38. The topological polar surface area (TPSA) is 40.9 Å². The summed E-state index contributed by atoms with van der Waals surface area (Å²) in [5, 5.41) is 9.22. The summed E-state index contributed by atoms with van der Waals surface area (Å²) in [7, 11) is 0. The molecule has 0 aromatic heterocycles. The van der Waals surface area contributed by atoms with Gasteiger partial charge in [0, 0.05) is 5.92 Å². The zero-order valence-electron chi connectivity index (χ0n) is 11.4. The van der Waals surface area contributed by atoms with Crippen LogP contribution in [-0.2, 0) is 4.79 Å². The minimum Gasteiger partial charge on any atom is -0.298 e. The standard InChI is InChI=1S/C16H16F3NO/c17-16(18,19)14-9-5-4-8-12(14)15(21)13(10-20)11-6-2-1-3-7-11/h1-3,6-7,12-14H,4-5,8-9H2. The van der Waals surface area contributed by atoms with Crippen LogP contribution in [0.15, 0.2) is 30.3 Å². The minimum absolute atomic E-state index is 0.0210. The fraction of sp³-hybridized carbons (Fsp3) is 0.500. The van der Waals surface area contributed by atoms with E-state index in [4.69, 9.17) is 0 Å². The van der Waals surface area contributed by atoms with Gasteiger partial charge in [0.15, 0.2) is 5.78 Å². The molecule has 1 fully saturated rings. The first-order chi connectivity index (χ1) is 9.95. The lowest BCUT2D eigenvalue weighted by atomic mass is 9.73. The second-order valence-corrected chi connectivity index (χ2v) is 5.41. The average molecular weight is 295 g/mol. The maximum absolute atomic E-state index is 13.1. The highest BCUT2D eigenvalue weighted by Crippen LogP contribution is 2.43. The number of hydrogen-bond acceptors (Lipinski definition) is 2. The summed E-state index contributed by atoms with van der Waals surface area (Å²) in [5.41, 5.74) is 0.469. The molecule has 3 unspecified atom stereocenters. The van der Waals surface area contributed by atoms with Gasteiger partial charge in [0.1, 0.15) is 5.92 Å². The maximum atomic E-state index is 13.1. The SMILES string of the molecule is N#CC(C(=O)C1CCCCC1C(F)(F)F)c1ccccc1. The molecule has 0 heterocycles. The molecule has 5 heteroatoms. The van der Waals surface area contributed by atoms with E-state index in [-0.39, 0.29) is 12.8 Å². The van der Waals surface area contributed by atoms with Gasteiger partial charge >= 0.3 is 6.18 Å². The lowest BCUT2D eigenvalue weighted by Crippen LogP contribution is -2.39. The summed E-state index contributed by atoms with van der Waals surface area (Å²) in [6, 6.07) is 10.2. The van der Waals surface area contributed by atoms with E-state index in [1.54, 1.807) is 30.3 Å². The van der Waals surface area contributed by atoms with Crippen molar-refractivity contribution in [2.45, 2.75) is 37.8 Å². The number of halogens is 3. The van der Waals surface area contributed by atoms with Crippen molar-refractivity contribution in [3.8, 4) is 6.07 Å². The molecule has 2 nitrogen and oxygen atoms in total. The Morgan fingerprint density at radius 2 is 1.81 bits per heavy atom. The molecule has 0 aliphatic heterocycles. The highest BCUT2D eigenvalue weighted by Gasteiger charge is 2.49. The molecule has 0 saturated heterocycles. The smallest absolute Gasteiger partial charge is 0.298 e. The number of carbonyl (C=O) groups excluding carboxylic acids is 1. The Hall–Kier alpha value is -1.83. The zero-order chi connectivity index (χ0) is 15.5. The molecule has 1 saturated carbocycles. The lowest BCUT2D eigenvalue weighted by Gasteiger charge is -2.33. The second kappa shape index (κ2) is 6.30. The van der Waals surface area contributed by atoms with Gasteiger partial charge in [-0.1, -0.05) is 43.2 Å². The van der Waals surface area contributed by atoms with Gasteiger partial charge in [-0.05, 0) is 18.4 Å². The number of benzene rings is 1. The molecule has 112 valence electrons. The van der Waals surface area contributed by atoms with E-state index in [1.165, 1.54) is 0 Å². The Morgan fingerprint density at radius 3 is 2.38 bits per heavy atom. The van der Waals surface area contributed by atoms with E-state index >= 15 is 0 Å². The van der Waals surface area contributed by atoms with Gasteiger partial charge in [-0.2, -0.15) is 18.4 Å². The fourth-order valence-corrected chi connectivity index (χ4v) is 3.03. The average Bonchev–Trinajstić information content (AvgIpc) is 2.48. The number of nitrogens with zero attached hydrogens (tertiary/aromatic N) is 1. The van der Waals surface area contributed by atoms with Gasteiger partial charge < -0.3 is 0 Å². The highest BCUT2D eigenvalue weighted by molar-refractivity contribution is 5.90. The third kappa shape index (κ3) is 3.44. The van der Waals surface area contributed by atoms with Crippen molar-refractivity contribution >= 4 is 5.78 Å². The molecular formula is C16H16F3NO. The molecular weight excluding hydrogens is 279 g/mol. The third-order valence-corrected chi connectivity index (χ3v) is 4.10.